The van der Waals surface area contributed by atoms with Crippen molar-refractivity contribution < 1.29 is 19.2 Å². The molecular weight excluding hydrogens is 324 g/mol. The zero-order chi connectivity index (χ0) is 18.6. The number of benzene rings is 1. The topological polar surface area (TPSA) is 102 Å². The molecule has 0 spiro atoms. The third kappa shape index (κ3) is 4.00. The van der Waals surface area contributed by atoms with Crippen LogP contribution in [0.4, 0.5) is 5.69 Å². The number of carbonyl (C=O) groups is 2. The van der Waals surface area contributed by atoms with Gasteiger partial charge in [-0.2, -0.15) is 0 Å². The SMILES string of the molecule is CCOC(=O)c1[nH]c(C)c(C(=O)/C=C/c2ccc([N+](=O)[O-])cc2)c1C. The van der Waals surface area contributed by atoms with Crippen molar-refractivity contribution in [2.45, 2.75) is 20.8 Å². The van der Waals surface area contributed by atoms with Gasteiger partial charge in [0.05, 0.1) is 11.5 Å². The first-order chi connectivity index (χ1) is 11.8. The fourth-order valence-electron chi connectivity index (χ4n) is 2.49. The predicted octanol–water partition coefficient (Wildman–Crippen LogP) is 3.61. The van der Waals surface area contributed by atoms with Gasteiger partial charge in [0.2, 0.25) is 0 Å². The summed E-state index contributed by atoms with van der Waals surface area (Å²) in [6.45, 7) is 5.35. The van der Waals surface area contributed by atoms with Gasteiger partial charge in [-0.1, -0.05) is 6.08 Å². The van der Waals surface area contributed by atoms with E-state index < -0.39 is 10.9 Å². The van der Waals surface area contributed by atoms with E-state index in [0.29, 0.717) is 22.4 Å². The summed E-state index contributed by atoms with van der Waals surface area (Å²) in [5.41, 5.74) is 2.45. The number of ketones is 1. The number of carbonyl (C=O) groups excluding carboxylic acids is 2. The summed E-state index contributed by atoms with van der Waals surface area (Å²) in [5.74, 6) is -0.762. The average Bonchev–Trinajstić information content (AvgIpc) is 2.88. The van der Waals surface area contributed by atoms with Gasteiger partial charge in [0.1, 0.15) is 5.69 Å². The normalized spacial score (nSPS) is 10.8. The summed E-state index contributed by atoms with van der Waals surface area (Å²) < 4.78 is 4.96. The number of rotatable bonds is 6. The fraction of sp³-hybridized carbons (Fsp3) is 0.222. The van der Waals surface area contributed by atoms with Crippen molar-refractivity contribution in [2.24, 2.45) is 0 Å². The molecule has 0 unspecified atom stereocenters. The van der Waals surface area contributed by atoms with Gasteiger partial charge in [-0.25, -0.2) is 4.79 Å². The average molecular weight is 342 g/mol. The Labute approximate surface area is 144 Å². The van der Waals surface area contributed by atoms with Crippen LogP contribution in [-0.4, -0.2) is 28.3 Å². The van der Waals surface area contributed by atoms with Crippen LogP contribution >= 0.6 is 0 Å². The van der Waals surface area contributed by atoms with Crippen LogP contribution in [0.2, 0.25) is 0 Å². The van der Waals surface area contributed by atoms with Crippen molar-refractivity contribution in [1.29, 1.82) is 0 Å². The van der Waals surface area contributed by atoms with Crippen molar-refractivity contribution >= 4 is 23.5 Å². The molecule has 0 saturated heterocycles. The van der Waals surface area contributed by atoms with Crippen LogP contribution in [0.3, 0.4) is 0 Å². The molecular formula is C18H18N2O5. The Morgan fingerprint density at radius 1 is 1.24 bits per heavy atom. The molecule has 0 fully saturated rings. The van der Waals surface area contributed by atoms with Gasteiger partial charge in [-0.3, -0.25) is 14.9 Å². The maximum atomic E-state index is 12.5. The highest BCUT2D eigenvalue weighted by Gasteiger charge is 2.21. The number of allylic oxidation sites excluding steroid dienone is 1. The second-order valence-corrected chi connectivity index (χ2v) is 5.39. The molecule has 0 aliphatic carbocycles. The monoisotopic (exact) mass is 342 g/mol. The van der Waals surface area contributed by atoms with Crippen LogP contribution in [0.5, 0.6) is 0 Å². The van der Waals surface area contributed by atoms with Gasteiger partial charge in [0, 0.05) is 23.4 Å². The van der Waals surface area contributed by atoms with Crippen LogP contribution < -0.4 is 0 Å². The van der Waals surface area contributed by atoms with E-state index in [1.165, 1.54) is 18.2 Å². The molecule has 130 valence electrons. The third-order valence-electron chi connectivity index (χ3n) is 3.69. The van der Waals surface area contributed by atoms with Crippen LogP contribution in [0.15, 0.2) is 30.3 Å². The van der Waals surface area contributed by atoms with Crippen molar-refractivity contribution in [1.82, 2.24) is 4.98 Å². The number of nitro groups is 1. The number of esters is 1. The molecule has 0 atom stereocenters. The Morgan fingerprint density at radius 2 is 1.88 bits per heavy atom. The fourth-order valence-corrected chi connectivity index (χ4v) is 2.49. The molecule has 1 N–H and O–H groups in total. The highest BCUT2D eigenvalue weighted by atomic mass is 16.6. The minimum atomic E-state index is -0.499. The number of aromatic nitrogens is 1. The maximum Gasteiger partial charge on any atom is 0.355 e. The van der Waals surface area contributed by atoms with Crippen LogP contribution in [0, 0.1) is 24.0 Å². The number of hydrogen-bond acceptors (Lipinski definition) is 5. The van der Waals surface area contributed by atoms with Gasteiger partial charge < -0.3 is 9.72 Å². The van der Waals surface area contributed by atoms with Gasteiger partial charge >= 0.3 is 5.97 Å². The number of nitrogens with one attached hydrogen (secondary N) is 1. The lowest BCUT2D eigenvalue weighted by molar-refractivity contribution is -0.384. The van der Waals surface area contributed by atoms with Gasteiger partial charge in [-0.15, -0.1) is 0 Å². The van der Waals surface area contributed by atoms with E-state index in [9.17, 15) is 19.7 Å². The zero-order valence-electron chi connectivity index (χ0n) is 14.2. The quantitative estimate of drug-likeness (QED) is 0.284. The first-order valence-corrected chi connectivity index (χ1v) is 7.68. The second kappa shape index (κ2) is 7.57. The van der Waals surface area contributed by atoms with E-state index in [0.717, 1.165) is 0 Å². The van der Waals surface area contributed by atoms with Crippen molar-refractivity contribution in [3.8, 4) is 0 Å². The predicted molar refractivity (Wildman–Crippen MR) is 92.7 cm³/mol. The number of nitro benzene ring substituents is 1. The van der Waals surface area contributed by atoms with Crippen molar-refractivity contribution in [2.75, 3.05) is 6.61 Å². The van der Waals surface area contributed by atoms with E-state index in [1.54, 1.807) is 39.0 Å². The molecule has 0 aliphatic rings. The van der Waals surface area contributed by atoms with Gasteiger partial charge in [0.25, 0.3) is 5.69 Å². The molecule has 0 bridgehead atoms. The summed E-state index contributed by atoms with van der Waals surface area (Å²) in [7, 11) is 0. The Hall–Kier alpha value is -3.22. The lowest BCUT2D eigenvalue weighted by Gasteiger charge is -2.00. The smallest absolute Gasteiger partial charge is 0.355 e. The molecule has 0 amide bonds. The van der Waals surface area contributed by atoms with Crippen LogP contribution in [0.25, 0.3) is 6.08 Å². The molecule has 0 saturated carbocycles. The number of ether oxygens (including phenoxy) is 1. The highest BCUT2D eigenvalue weighted by Crippen LogP contribution is 2.20. The summed E-state index contributed by atoms with van der Waals surface area (Å²) in [5, 5.41) is 10.6. The molecule has 1 aromatic heterocycles. The number of nitrogens with zero attached hydrogens (tertiary/aromatic N) is 1. The van der Waals surface area contributed by atoms with Crippen LogP contribution in [-0.2, 0) is 4.74 Å². The maximum absolute atomic E-state index is 12.5. The van der Waals surface area contributed by atoms with Crippen molar-refractivity contribution in [3.05, 3.63) is 68.5 Å². The van der Waals surface area contributed by atoms with Crippen LogP contribution in [0.1, 0.15) is 44.6 Å². The first kappa shape index (κ1) is 18.1. The number of aromatic amines is 1. The summed E-state index contributed by atoms with van der Waals surface area (Å²) in [4.78, 5) is 37.4. The summed E-state index contributed by atoms with van der Waals surface area (Å²) in [6, 6.07) is 5.86. The third-order valence-corrected chi connectivity index (χ3v) is 3.69. The molecule has 0 aliphatic heterocycles. The molecule has 2 rings (SSSR count). The number of aryl methyl sites for hydroxylation is 1. The second-order valence-electron chi connectivity index (χ2n) is 5.39. The lowest BCUT2D eigenvalue weighted by Crippen LogP contribution is -2.07. The first-order valence-electron chi connectivity index (χ1n) is 7.68. The van der Waals surface area contributed by atoms with Gasteiger partial charge in [0.15, 0.2) is 5.78 Å². The van der Waals surface area contributed by atoms with E-state index in [2.05, 4.69) is 4.98 Å². The summed E-state index contributed by atoms with van der Waals surface area (Å²) >= 11 is 0. The lowest BCUT2D eigenvalue weighted by atomic mass is 10.0. The number of H-pyrrole nitrogens is 1. The summed E-state index contributed by atoms with van der Waals surface area (Å²) in [6.07, 6.45) is 2.95. The molecule has 1 aromatic carbocycles. The van der Waals surface area contributed by atoms with E-state index >= 15 is 0 Å². The van der Waals surface area contributed by atoms with Gasteiger partial charge in [-0.05, 0) is 50.1 Å². The molecule has 0 radical (unpaired) electrons. The Bertz CT molecular complexity index is 847. The Morgan fingerprint density at radius 3 is 2.44 bits per heavy atom. The zero-order valence-corrected chi connectivity index (χ0v) is 14.2. The molecule has 25 heavy (non-hydrogen) atoms. The highest BCUT2D eigenvalue weighted by molar-refractivity contribution is 6.10. The molecule has 7 nitrogen and oxygen atoms in total. The number of non-ortho nitro benzene ring substituents is 1. The van der Waals surface area contributed by atoms with E-state index in [1.807, 2.05) is 0 Å². The van der Waals surface area contributed by atoms with E-state index in [-0.39, 0.29) is 23.8 Å². The minimum Gasteiger partial charge on any atom is -0.461 e. The Kier molecular flexibility index (Phi) is 5.49. The minimum absolute atomic E-state index is 0.0140. The number of hydrogen-bond donors (Lipinski definition) is 1. The molecule has 2 aromatic rings. The molecule has 7 heteroatoms. The largest absolute Gasteiger partial charge is 0.461 e. The standard InChI is InChI=1S/C18H18N2O5/c1-4-25-18(22)17-11(2)16(12(3)19-17)15(21)10-7-13-5-8-14(9-6-13)20(23)24/h5-10,19H,4H2,1-3H3/b10-7+. The Balaban J connectivity index is 2.23. The van der Waals surface area contributed by atoms with Crippen molar-refractivity contribution in [3.63, 3.8) is 0 Å². The molecule has 1 heterocycles. The van der Waals surface area contributed by atoms with E-state index in [4.69, 9.17) is 4.74 Å².